The van der Waals surface area contributed by atoms with Crippen LogP contribution in [0.25, 0.3) is 0 Å². The molecule has 11 nitrogen and oxygen atoms in total. The fraction of sp³-hybridized carbons (Fsp3) is 0.750. The lowest BCUT2D eigenvalue weighted by atomic mass is 9.96. The van der Waals surface area contributed by atoms with Crippen molar-refractivity contribution in [3.8, 4) is 5.75 Å². The molecule has 2 aliphatic carbocycles. The van der Waals surface area contributed by atoms with Crippen molar-refractivity contribution in [2.75, 3.05) is 38.7 Å². The second-order valence-electron chi connectivity index (χ2n) is 14.1. The van der Waals surface area contributed by atoms with Crippen molar-refractivity contribution >= 4 is 23.7 Å². The number of benzene rings is 1. The predicted octanol–water partition coefficient (Wildman–Crippen LogP) is 5.91. The number of nitrogens with zero attached hydrogens (tertiary/aromatic N) is 2. The summed E-state index contributed by atoms with van der Waals surface area (Å²) in [5, 5.41) is 19.4. The Kier molecular flexibility index (Phi) is 14.5. The van der Waals surface area contributed by atoms with E-state index in [9.17, 15) is 19.5 Å². The molecule has 2 fully saturated rings. The van der Waals surface area contributed by atoms with Crippen LogP contribution in [-0.2, 0) is 4.74 Å². The van der Waals surface area contributed by atoms with Gasteiger partial charge in [0.25, 0.3) is 5.91 Å². The number of carbonyl (C=O) groups excluding carboxylic acids is 3. The van der Waals surface area contributed by atoms with E-state index in [-0.39, 0.29) is 54.8 Å². The molecule has 4 rings (SSSR count). The lowest BCUT2D eigenvalue weighted by Gasteiger charge is -2.36. The van der Waals surface area contributed by atoms with Crippen LogP contribution in [0, 0.1) is 5.92 Å². The highest BCUT2D eigenvalue weighted by molar-refractivity contribution is 5.99. The second-order valence-corrected chi connectivity index (χ2v) is 14.1. The Morgan fingerprint density at radius 2 is 1.60 bits per heavy atom. The van der Waals surface area contributed by atoms with Gasteiger partial charge in [-0.15, -0.1) is 0 Å². The summed E-state index contributed by atoms with van der Waals surface area (Å²) < 4.78 is 12.7. The number of likely N-dealkylation sites (N-methyl/N-ethyl adjacent to an activating group) is 1. The summed E-state index contributed by atoms with van der Waals surface area (Å²) in [6.07, 6.45) is 12.9. The highest BCUT2D eigenvalue weighted by atomic mass is 16.5. The average Bonchev–Trinajstić information content (AvgIpc) is 3.06. The van der Waals surface area contributed by atoms with Gasteiger partial charge in [-0.3, -0.25) is 4.79 Å². The second kappa shape index (κ2) is 18.5. The molecule has 264 valence electrons. The van der Waals surface area contributed by atoms with E-state index in [2.05, 4.69) is 16.0 Å². The van der Waals surface area contributed by atoms with E-state index in [4.69, 9.17) is 9.47 Å². The molecule has 2 saturated carbocycles. The maximum absolute atomic E-state index is 14.4. The van der Waals surface area contributed by atoms with Crippen LogP contribution in [0.1, 0.15) is 115 Å². The molecule has 0 unspecified atom stereocenters. The molecule has 4 atom stereocenters. The molecule has 3 aliphatic rings. The van der Waals surface area contributed by atoms with Crippen LogP contribution in [0.3, 0.4) is 0 Å². The van der Waals surface area contributed by atoms with E-state index in [0.717, 1.165) is 70.6 Å². The fourth-order valence-corrected chi connectivity index (χ4v) is 6.95. The predicted molar refractivity (Wildman–Crippen MR) is 184 cm³/mol. The first-order valence-corrected chi connectivity index (χ1v) is 18.1. The van der Waals surface area contributed by atoms with E-state index < -0.39 is 6.04 Å². The average molecular weight is 658 g/mol. The molecule has 0 bridgehead atoms. The fourth-order valence-electron chi connectivity index (χ4n) is 6.95. The van der Waals surface area contributed by atoms with Crippen LogP contribution in [0.5, 0.6) is 5.75 Å². The molecule has 5 amide bonds. The van der Waals surface area contributed by atoms with Gasteiger partial charge in [-0.1, -0.05) is 45.4 Å². The first kappa shape index (κ1) is 36.8. The van der Waals surface area contributed by atoms with E-state index >= 15 is 0 Å². The first-order valence-electron chi connectivity index (χ1n) is 18.1. The summed E-state index contributed by atoms with van der Waals surface area (Å²) in [7, 11) is 1.80. The maximum Gasteiger partial charge on any atom is 0.319 e. The Hall–Kier alpha value is -3.05. The topological polar surface area (TPSA) is 132 Å². The summed E-state index contributed by atoms with van der Waals surface area (Å²) in [4.78, 5) is 43.7. The third kappa shape index (κ3) is 11.3. The number of urea groups is 2. The van der Waals surface area contributed by atoms with Gasteiger partial charge in [0.15, 0.2) is 0 Å². The van der Waals surface area contributed by atoms with Gasteiger partial charge in [-0.25, -0.2) is 9.59 Å². The van der Waals surface area contributed by atoms with E-state index in [0.29, 0.717) is 36.7 Å². The van der Waals surface area contributed by atoms with Crippen molar-refractivity contribution in [1.29, 1.82) is 0 Å². The Morgan fingerprint density at radius 1 is 0.957 bits per heavy atom. The van der Waals surface area contributed by atoms with E-state index in [1.165, 1.54) is 12.8 Å². The Bertz CT molecular complexity index is 1150. The molecule has 0 spiro atoms. The lowest BCUT2D eigenvalue weighted by Crippen LogP contribution is -2.50. The van der Waals surface area contributed by atoms with Gasteiger partial charge in [0.05, 0.1) is 30.4 Å². The number of ether oxygens (including phenoxy) is 2. The van der Waals surface area contributed by atoms with Crippen LogP contribution in [0.2, 0.25) is 0 Å². The highest BCUT2D eigenvalue weighted by Gasteiger charge is 2.31. The zero-order valence-corrected chi connectivity index (χ0v) is 29.1. The van der Waals surface area contributed by atoms with Crippen LogP contribution in [-0.4, -0.2) is 96.6 Å². The Balaban J connectivity index is 1.54. The molecular weight excluding hydrogens is 598 g/mol. The summed E-state index contributed by atoms with van der Waals surface area (Å²) in [6, 6.07) is 4.69. The minimum absolute atomic E-state index is 0.101. The van der Waals surface area contributed by atoms with Gasteiger partial charge >= 0.3 is 12.1 Å². The minimum Gasteiger partial charge on any atom is -0.490 e. The molecule has 4 N–H and O–H groups in total. The third-order valence-corrected chi connectivity index (χ3v) is 9.98. The van der Waals surface area contributed by atoms with Gasteiger partial charge in [0, 0.05) is 50.4 Å². The van der Waals surface area contributed by atoms with Gasteiger partial charge in [0.1, 0.15) is 5.75 Å². The first-order chi connectivity index (χ1) is 22.6. The smallest absolute Gasteiger partial charge is 0.319 e. The molecule has 11 heteroatoms. The van der Waals surface area contributed by atoms with E-state index in [1.807, 2.05) is 20.8 Å². The van der Waals surface area contributed by atoms with Crippen LogP contribution in [0.4, 0.5) is 15.3 Å². The standard InChI is InChI=1S/C36H59N5O6/c1-25-22-41(26(2)24-42)34(43)31-21-30(38-35(44)37-28-14-7-5-8-15-28)18-19-32(31)47-27(3)13-11-12-20-46-33(25)23-40(4)36(45)39-29-16-9-6-10-17-29/h18-19,21,25-29,33,42H,5-17,20,22-24H2,1-4H3,(H,39,45)(H2,37,38,44)/t25-,26+,27+,33-/m0/s1. The van der Waals surface area contributed by atoms with E-state index in [1.54, 1.807) is 35.0 Å². The quantitative estimate of drug-likeness (QED) is 0.288. The normalized spacial score (nSPS) is 24.7. The van der Waals surface area contributed by atoms with Gasteiger partial charge < -0.3 is 40.3 Å². The van der Waals surface area contributed by atoms with Crippen molar-refractivity contribution in [3.05, 3.63) is 23.8 Å². The number of nitrogens with one attached hydrogen (secondary N) is 3. The molecule has 0 aromatic heterocycles. The molecule has 0 radical (unpaired) electrons. The Labute approximate surface area is 281 Å². The largest absolute Gasteiger partial charge is 0.490 e. The molecule has 1 aromatic rings. The number of hydrogen-bond donors (Lipinski definition) is 4. The number of rotatable bonds is 7. The molecule has 1 heterocycles. The van der Waals surface area contributed by atoms with Gasteiger partial charge in [0.2, 0.25) is 0 Å². The summed E-state index contributed by atoms with van der Waals surface area (Å²) >= 11 is 0. The number of aliphatic hydroxyl groups excluding tert-OH is 1. The lowest BCUT2D eigenvalue weighted by molar-refractivity contribution is -0.0123. The summed E-state index contributed by atoms with van der Waals surface area (Å²) in [5.41, 5.74) is 0.831. The van der Waals surface area contributed by atoms with Crippen LogP contribution >= 0.6 is 0 Å². The highest BCUT2D eigenvalue weighted by Crippen LogP contribution is 2.29. The van der Waals surface area contributed by atoms with Crippen molar-refractivity contribution in [2.45, 2.75) is 135 Å². The SMILES string of the molecule is C[C@@H]1CCCCO[C@@H](CN(C)C(=O)NC2CCCCC2)[C@@H](C)CN([C@H](C)CO)C(=O)c2cc(NC(=O)NC3CCCCC3)ccc2O1. The van der Waals surface area contributed by atoms with Crippen molar-refractivity contribution in [1.82, 2.24) is 20.4 Å². The number of hydrogen-bond acceptors (Lipinski definition) is 6. The maximum atomic E-state index is 14.4. The van der Waals surface area contributed by atoms with Crippen LogP contribution < -0.4 is 20.7 Å². The number of fused-ring (bicyclic) bond motifs is 1. The number of aliphatic hydroxyl groups is 1. The molecule has 47 heavy (non-hydrogen) atoms. The monoisotopic (exact) mass is 657 g/mol. The van der Waals surface area contributed by atoms with Crippen molar-refractivity contribution in [2.24, 2.45) is 5.92 Å². The van der Waals surface area contributed by atoms with Crippen molar-refractivity contribution in [3.63, 3.8) is 0 Å². The van der Waals surface area contributed by atoms with Gasteiger partial charge in [-0.05, 0) is 77.0 Å². The minimum atomic E-state index is -0.484. The summed E-state index contributed by atoms with van der Waals surface area (Å²) in [5.74, 6) is 0.00958. The molecular formula is C36H59N5O6. The molecule has 0 saturated heterocycles. The molecule has 1 aliphatic heterocycles. The van der Waals surface area contributed by atoms with Crippen molar-refractivity contribution < 1.29 is 29.0 Å². The summed E-state index contributed by atoms with van der Waals surface area (Å²) in [6.45, 7) is 6.84. The number of anilines is 1. The zero-order chi connectivity index (χ0) is 33.8. The Morgan fingerprint density at radius 3 is 2.26 bits per heavy atom. The third-order valence-electron chi connectivity index (χ3n) is 9.98. The number of amides is 5. The molecule has 1 aromatic carbocycles. The van der Waals surface area contributed by atoms with Gasteiger partial charge in [-0.2, -0.15) is 0 Å². The van der Waals surface area contributed by atoms with Crippen LogP contribution in [0.15, 0.2) is 18.2 Å². The zero-order valence-electron chi connectivity index (χ0n) is 29.1. The number of carbonyl (C=O) groups is 3.